The molecule has 0 amide bonds. The highest BCUT2D eigenvalue weighted by Gasteiger charge is 2.16. The highest BCUT2D eigenvalue weighted by Crippen LogP contribution is 2.24. The van der Waals surface area contributed by atoms with Gasteiger partial charge in [0.1, 0.15) is 0 Å². The SMILES string of the molecule is CC(C)C([SiH2][O])C(C)C. The fourth-order valence-corrected chi connectivity index (χ4v) is 1.92. The van der Waals surface area contributed by atoms with Crippen molar-refractivity contribution in [2.75, 3.05) is 0 Å². The van der Waals surface area contributed by atoms with Gasteiger partial charge in [0.2, 0.25) is 9.76 Å². The fraction of sp³-hybridized carbons (Fsp3) is 1.00. The van der Waals surface area contributed by atoms with Crippen molar-refractivity contribution in [1.29, 1.82) is 0 Å². The molecule has 0 aromatic carbocycles. The van der Waals surface area contributed by atoms with E-state index in [4.69, 9.17) is 0 Å². The quantitative estimate of drug-likeness (QED) is 0.538. The van der Waals surface area contributed by atoms with Gasteiger partial charge in [0, 0.05) is 0 Å². The van der Waals surface area contributed by atoms with Gasteiger partial charge in [-0.3, -0.25) is 0 Å². The Kier molecular flexibility index (Phi) is 4.15. The van der Waals surface area contributed by atoms with Gasteiger partial charge in [0.05, 0.1) is 0 Å². The molecule has 0 aliphatic heterocycles. The summed E-state index contributed by atoms with van der Waals surface area (Å²) in [4.78, 5) is 10.7. The summed E-state index contributed by atoms with van der Waals surface area (Å²) in [5.41, 5.74) is 0.505. The second kappa shape index (κ2) is 4.07. The predicted octanol–water partition coefficient (Wildman–Crippen LogP) is 1.60. The first-order chi connectivity index (χ1) is 4.09. The van der Waals surface area contributed by atoms with E-state index in [0.29, 0.717) is 17.4 Å². The van der Waals surface area contributed by atoms with E-state index in [9.17, 15) is 4.80 Å². The lowest BCUT2D eigenvalue weighted by molar-refractivity contribution is 0.388. The smallest absolute Gasteiger partial charge is 0.210 e. The largest absolute Gasteiger partial charge is 0.306 e. The Morgan fingerprint density at radius 1 is 1.00 bits per heavy atom. The molecule has 0 spiro atoms. The van der Waals surface area contributed by atoms with E-state index >= 15 is 0 Å². The van der Waals surface area contributed by atoms with Crippen LogP contribution in [-0.2, 0) is 4.80 Å². The molecule has 1 nitrogen and oxygen atoms in total. The average Bonchev–Trinajstić information content (AvgIpc) is 1.64. The normalized spacial score (nSPS) is 13.3. The molecule has 0 unspecified atom stereocenters. The lowest BCUT2D eigenvalue weighted by Crippen LogP contribution is -2.14. The van der Waals surface area contributed by atoms with Crippen molar-refractivity contribution in [2.45, 2.75) is 33.2 Å². The second-order valence-electron chi connectivity index (χ2n) is 3.32. The minimum atomic E-state index is -1.02. The van der Waals surface area contributed by atoms with Gasteiger partial charge in [-0.1, -0.05) is 27.7 Å². The molecule has 2 heteroatoms. The van der Waals surface area contributed by atoms with Crippen LogP contribution in [0.25, 0.3) is 0 Å². The van der Waals surface area contributed by atoms with E-state index in [-0.39, 0.29) is 0 Å². The van der Waals surface area contributed by atoms with Gasteiger partial charge < -0.3 is 4.80 Å². The third-order valence-corrected chi connectivity index (χ3v) is 4.18. The van der Waals surface area contributed by atoms with Crippen LogP contribution in [0.15, 0.2) is 0 Å². The maximum atomic E-state index is 10.7. The molecular weight excluding hydrogens is 128 g/mol. The molecule has 0 rings (SSSR count). The summed E-state index contributed by atoms with van der Waals surface area (Å²) in [6, 6.07) is 0. The van der Waals surface area contributed by atoms with Crippen LogP contribution in [0.3, 0.4) is 0 Å². The van der Waals surface area contributed by atoms with E-state index in [1.165, 1.54) is 0 Å². The van der Waals surface area contributed by atoms with Gasteiger partial charge in [-0.15, -0.1) is 0 Å². The Morgan fingerprint density at radius 2 is 1.33 bits per heavy atom. The van der Waals surface area contributed by atoms with E-state index in [2.05, 4.69) is 27.7 Å². The zero-order valence-corrected chi connectivity index (χ0v) is 8.26. The van der Waals surface area contributed by atoms with Crippen molar-refractivity contribution in [3.05, 3.63) is 0 Å². The monoisotopic (exact) mass is 145 g/mol. The summed E-state index contributed by atoms with van der Waals surface area (Å²) >= 11 is 0. The summed E-state index contributed by atoms with van der Waals surface area (Å²) in [5, 5.41) is 0. The van der Waals surface area contributed by atoms with Crippen LogP contribution in [0.4, 0.5) is 0 Å². The molecule has 0 saturated carbocycles. The molecule has 0 aliphatic carbocycles. The number of hydrogen-bond acceptors (Lipinski definition) is 0. The Hall–Kier alpha value is 0.177. The van der Waals surface area contributed by atoms with Gasteiger partial charge in [0.25, 0.3) is 0 Å². The molecule has 0 heterocycles. The lowest BCUT2D eigenvalue weighted by atomic mass is 10.00. The van der Waals surface area contributed by atoms with Crippen LogP contribution >= 0.6 is 0 Å². The average molecular weight is 145 g/mol. The second-order valence-corrected chi connectivity index (χ2v) is 4.59. The minimum Gasteiger partial charge on any atom is -0.306 e. The third-order valence-electron chi connectivity index (χ3n) is 1.91. The van der Waals surface area contributed by atoms with Crippen LogP contribution in [0.5, 0.6) is 0 Å². The van der Waals surface area contributed by atoms with Crippen molar-refractivity contribution in [3.8, 4) is 0 Å². The molecule has 0 saturated heterocycles. The number of hydrogen-bond donors (Lipinski definition) is 0. The van der Waals surface area contributed by atoms with Crippen LogP contribution in [0.2, 0.25) is 5.54 Å². The summed E-state index contributed by atoms with van der Waals surface area (Å²) in [6.45, 7) is 8.59. The molecule has 0 aromatic rings. The molecule has 0 bridgehead atoms. The maximum Gasteiger partial charge on any atom is 0.210 e. The van der Waals surface area contributed by atoms with Crippen molar-refractivity contribution in [1.82, 2.24) is 0 Å². The maximum absolute atomic E-state index is 10.7. The van der Waals surface area contributed by atoms with E-state index < -0.39 is 9.76 Å². The van der Waals surface area contributed by atoms with Crippen LogP contribution < -0.4 is 0 Å². The molecule has 0 atom stereocenters. The molecule has 9 heavy (non-hydrogen) atoms. The molecule has 0 N–H and O–H groups in total. The van der Waals surface area contributed by atoms with Crippen LogP contribution in [0, 0.1) is 11.8 Å². The first-order valence-electron chi connectivity index (χ1n) is 3.67. The first-order valence-corrected chi connectivity index (χ1v) is 5.07. The Bertz CT molecular complexity index is 63.3. The summed E-state index contributed by atoms with van der Waals surface area (Å²) in [7, 11) is -1.02. The van der Waals surface area contributed by atoms with Gasteiger partial charge in [-0.05, 0) is 17.4 Å². The summed E-state index contributed by atoms with van der Waals surface area (Å²) < 4.78 is 0. The van der Waals surface area contributed by atoms with Crippen LogP contribution in [-0.4, -0.2) is 9.76 Å². The van der Waals surface area contributed by atoms with Gasteiger partial charge in [0.15, 0.2) is 0 Å². The van der Waals surface area contributed by atoms with Crippen molar-refractivity contribution in [3.63, 3.8) is 0 Å². The Labute approximate surface area is 60.4 Å². The van der Waals surface area contributed by atoms with Crippen LogP contribution in [0.1, 0.15) is 27.7 Å². The highest BCUT2D eigenvalue weighted by atomic mass is 28.2. The van der Waals surface area contributed by atoms with Crippen molar-refractivity contribution in [2.24, 2.45) is 11.8 Å². The zero-order chi connectivity index (χ0) is 7.44. The minimum absolute atomic E-state index is 0.505. The molecule has 0 aromatic heterocycles. The molecule has 0 aliphatic rings. The fourth-order valence-electron chi connectivity index (χ4n) is 1.15. The van der Waals surface area contributed by atoms with Gasteiger partial charge in [-0.2, -0.15) is 0 Å². The number of rotatable bonds is 3. The van der Waals surface area contributed by atoms with E-state index in [0.717, 1.165) is 0 Å². The van der Waals surface area contributed by atoms with E-state index in [1.807, 2.05) is 0 Å². The molecule has 1 radical (unpaired) electrons. The standard InChI is InChI=1S/C7H17OSi/c1-5(2)7(9-8)6(3)4/h5-7H,9H2,1-4H3. The zero-order valence-electron chi connectivity index (χ0n) is 6.85. The first kappa shape index (κ1) is 9.18. The van der Waals surface area contributed by atoms with Gasteiger partial charge in [-0.25, -0.2) is 0 Å². The molecular formula is C7H17OSi. The molecule has 55 valence electrons. The van der Waals surface area contributed by atoms with E-state index in [1.54, 1.807) is 0 Å². The van der Waals surface area contributed by atoms with Gasteiger partial charge >= 0.3 is 0 Å². The lowest BCUT2D eigenvalue weighted by Gasteiger charge is -2.20. The van der Waals surface area contributed by atoms with Crippen molar-refractivity contribution >= 4 is 9.76 Å². The third kappa shape index (κ3) is 3.01. The summed E-state index contributed by atoms with van der Waals surface area (Å²) in [5.74, 6) is 1.21. The topological polar surface area (TPSA) is 19.9 Å². The van der Waals surface area contributed by atoms with Crippen molar-refractivity contribution < 1.29 is 4.80 Å². The molecule has 0 fully saturated rings. The Balaban J connectivity index is 3.68. The predicted molar refractivity (Wildman–Crippen MR) is 42.7 cm³/mol. The highest BCUT2D eigenvalue weighted by molar-refractivity contribution is 6.27. The summed E-state index contributed by atoms with van der Waals surface area (Å²) in [6.07, 6.45) is 0. The Morgan fingerprint density at radius 3 is 1.33 bits per heavy atom.